The van der Waals surface area contributed by atoms with E-state index in [2.05, 4.69) is 24.1 Å². The van der Waals surface area contributed by atoms with Crippen LogP contribution in [0.25, 0.3) is 0 Å². The Morgan fingerprint density at radius 2 is 2.00 bits per heavy atom. The average molecular weight is 310 g/mol. The maximum atomic E-state index is 11.4. The van der Waals surface area contributed by atoms with Crippen LogP contribution < -0.4 is 5.32 Å². The van der Waals surface area contributed by atoms with Gasteiger partial charge in [-0.2, -0.15) is 0 Å². The highest BCUT2D eigenvalue weighted by Crippen LogP contribution is 2.29. The largest absolute Gasteiger partial charge is 0.480 e. The number of piperidine rings is 1. The third-order valence-corrected chi connectivity index (χ3v) is 5.54. The van der Waals surface area contributed by atoms with Crippen LogP contribution in [0.2, 0.25) is 0 Å². The summed E-state index contributed by atoms with van der Waals surface area (Å²) in [5.74, 6) is 0.192. The SMILES string of the molecule is CCCCC(NC1CCN(C2CCCC(C)C2)CC1)C(=O)O. The van der Waals surface area contributed by atoms with Crippen LogP contribution in [-0.4, -0.2) is 47.2 Å². The van der Waals surface area contributed by atoms with E-state index in [1.165, 1.54) is 25.7 Å². The molecule has 0 radical (unpaired) electrons. The second-order valence-electron chi connectivity index (χ2n) is 7.44. The van der Waals surface area contributed by atoms with Crippen molar-refractivity contribution in [3.05, 3.63) is 0 Å². The van der Waals surface area contributed by atoms with Crippen LogP contribution in [0.1, 0.15) is 71.6 Å². The second-order valence-corrected chi connectivity index (χ2v) is 7.44. The van der Waals surface area contributed by atoms with Crippen LogP contribution in [-0.2, 0) is 4.79 Å². The Morgan fingerprint density at radius 1 is 1.27 bits per heavy atom. The summed E-state index contributed by atoms with van der Waals surface area (Å²) >= 11 is 0. The zero-order chi connectivity index (χ0) is 15.9. The van der Waals surface area contributed by atoms with Crippen LogP contribution in [0.5, 0.6) is 0 Å². The molecule has 0 aromatic rings. The van der Waals surface area contributed by atoms with E-state index >= 15 is 0 Å². The average Bonchev–Trinajstić information content (AvgIpc) is 2.51. The number of hydrogen-bond acceptors (Lipinski definition) is 3. The maximum Gasteiger partial charge on any atom is 0.320 e. The van der Waals surface area contributed by atoms with Gasteiger partial charge in [-0.1, -0.05) is 39.5 Å². The fourth-order valence-corrected chi connectivity index (χ4v) is 4.14. The van der Waals surface area contributed by atoms with E-state index in [1.54, 1.807) is 0 Å². The van der Waals surface area contributed by atoms with E-state index in [0.717, 1.165) is 57.2 Å². The van der Waals surface area contributed by atoms with Gasteiger partial charge >= 0.3 is 5.97 Å². The highest BCUT2D eigenvalue weighted by Gasteiger charge is 2.29. The number of carbonyl (C=O) groups is 1. The molecule has 128 valence electrons. The summed E-state index contributed by atoms with van der Waals surface area (Å²) < 4.78 is 0. The Kier molecular flexibility index (Phi) is 7.16. The van der Waals surface area contributed by atoms with Crippen molar-refractivity contribution in [3.63, 3.8) is 0 Å². The number of carboxylic acids is 1. The first-order valence-electron chi connectivity index (χ1n) is 9.33. The minimum Gasteiger partial charge on any atom is -0.480 e. The van der Waals surface area contributed by atoms with Crippen molar-refractivity contribution < 1.29 is 9.90 Å². The summed E-state index contributed by atoms with van der Waals surface area (Å²) in [7, 11) is 0. The highest BCUT2D eigenvalue weighted by atomic mass is 16.4. The van der Waals surface area contributed by atoms with Crippen molar-refractivity contribution in [3.8, 4) is 0 Å². The molecule has 1 saturated heterocycles. The number of hydrogen-bond donors (Lipinski definition) is 2. The van der Waals surface area contributed by atoms with Crippen molar-refractivity contribution in [2.45, 2.75) is 89.8 Å². The van der Waals surface area contributed by atoms with E-state index < -0.39 is 5.97 Å². The molecule has 3 unspecified atom stereocenters. The zero-order valence-electron chi connectivity index (χ0n) is 14.4. The van der Waals surface area contributed by atoms with Crippen LogP contribution >= 0.6 is 0 Å². The van der Waals surface area contributed by atoms with Gasteiger partial charge in [0.25, 0.3) is 0 Å². The Hall–Kier alpha value is -0.610. The molecule has 2 N–H and O–H groups in total. The summed E-state index contributed by atoms with van der Waals surface area (Å²) in [6, 6.07) is 0.807. The van der Waals surface area contributed by atoms with Crippen LogP contribution in [0.4, 0.5) is 0 Å². The molecule has 0 amide bonds. The zero-order valence-corrected chi connectivity index (χ0v) is 14.4. The predicted molar refractivity (Wildman–Crippen MR) is 90.1 cm³/mol. The third kappa shape index (κ3) is 5.24. The van der Waals surface area contributed by atoms with Crippen molar-refractivity contribution in [1.29, 1.82) is 0 Å². The van der Waals surface area contributed by atoms with Crippen molar-refractivity contribution in [1.82, 2.24) is 10.2 Å². The van der Waals surface area contributed by atoms with Gasteiger partial charge in [0.2, 0.25) is 0 Å². The first-order valence-corrected chi connectivity index (χ1v) is 9.33. The van der Waals surface area contributed by atoms with E-state index in [0.29, 0.717) is 6.04 Å². The Morgan fingerprint density at radius 3 is 2.59 bits per heavy atom. The summed E-state index contributed by atoms with van der Waals surface area (Å²) in [4.78, 5) is 14.0. The Labute approximate surface area is 135 Å². The van der Waals surface area contributed by atoms with Gasteiger partial charge < -0.3 is 15.3 Å². The number of rotatable bonds is 7. The molecule has 2 rings (SSSR count). The van der Waals surface area contributed by atoms with Crippen LogP contribution in [0.15, 0.2) is 0 Å². The van der Waals surface area contributed by atoms with E-state index in [1.807, 2.05) is 0 Å². The molecule has 4 nitrogen and oxygen atoms in total. The second kappa shape index (κ2) is 8.88. The van der Waals surface area contributed by atoms with Gasteiger partial charge in [0.15, 0.2) is 0 Å². The summed E-state index contributed by atoms with van der Waals surface area (Å²) in [5, 5.41) is 12.7. The van der Waals surface area contributed by atoms with Crippen LogP contribution in [0.3, 0.4) is 0 Å². The molecule has 1 aliphatic heterocycles. The van der Waals surface area contributed by atoms with Gasteiger partial charge in [0, 0.05) is 12.1 Å². The quantitative estimate of drug-likeness (QED) is 0.758. The van der Waals surface area contributed by atoms with Crippen LogP contribution in [0, 0.1) is 5.92 Å². The molecule has 22 heavy (non-hydrogen) atoms. The van der Waals surface area contributed by atoms with E-state index in [-0.39, 0.29) is 6.04 Å². The number of nitrogens with zero attached hydrogens (tertiary/aromatic N) is 1. The summed E-state index contributed by atoms with van der Waals surface area (Å²) in [5.41, 5.74) is 0. The molecule has 2 fully saturated rings. The van der Waals surface area contributed by atoms with Gasteiger partial charge in [0.05, 0.1) is 0 Å². The monoisotopic (exact) mass is 310 g/mol. The lowest BCUT2D eigenvalue weighted by Crippen LogP contribution is -2.51. The van der Waals surface area contributed by atoms with E-state index in [4.69, 9.17) is 0 Å². The molecule has 2 aliphatic rings. The van der Waals surface area contributed by atoms with Crippen molar-refractivity contribution in [2.75, 3.05) is 13.1 Å². The lowest BCUT2D eigenvalue weighted by molar-refractivity contribution is -0.140. The predicted octanol–water partition coefficient (Wildman–Crippen LogP) is 3.26. The molecule has 1 aliphatic carbocycles. The fraction of sp³-hybridized carbons (Fsp3) is 0.944. The standard InChI is InChI=1S/C18H34N2O2/c1-3-4-8-17(18(21)22)19-15-9-11-20(12-10-15)16-7-5-6-14(2)13-16/h14-17,19H,3-13H2,1-2H3,(H,21,22). The number of likely N-dealkylation sites (tertiary alicyclic amines) is 1. The molecule has 4 heteroatoms. The minimum absolute atomic E-state index is 0.355. The van der Waals surface area contributed by atoms with Gasteiger partial charge in [0.1, 0.15) is 6.04 Å². The first-order chi connectivity index (χ1) is 10.6. The minimum atomic E-state index is -0.683. The number of nitrogens with one attached hydrogen (secondary N) is 1. The fourth-order valence-electron chi connectivity index (χ4n) is 4.14. The smallest absolute Gasteiger partial charge is 0.320 e. The number of carboxylic acid groups (broad SMARTS) is 1. The lowest BCUT2D eigenvalue weighted by atomic mass is 9.85. The molecule has 0 spiro atoms. The Balaban J connectivity index is 1.75. The summed E-state index contributed by atoms with van der Waals surface area (Å²) in [6.07, 6.45) is 10.5. The number of aliphatic carboxylic acids is 1. The Bertz CT molecular complexity index is 340. The topological polar surface area (TPSA) is 52.6 Å². The van der Waals surface area contributed by atoms with Gasteiger partial charge in [-0.15, -0.1) is 0 Å². The van der Waals surface area contributed by atoms with E-state index in [9.17, 15) is 9.90 Å². The van der Waals surface area contributed by atoms with Crippen molar-refractivity contribution >= 4 is 5.97 Å². The van der Waals surface area contributed by atoms with Gasteiger partial charge in [-0.25, -0.2) is 0 Å². The lowest BCUT2D eigenvalue weighted by Gasteiger charge is -2.41. The molecule has 3 atom stereocenters. The molecule has 0 aromatic carbocycles. The summed E-state index contributed by atoms with van der Waals surface area (Å²) in [6.45, 7) is 6.76. The molecule has 0 aromatic heterocycles. The molecule has 0 bridgehead atoms. The molecule has 1 saturated carbocycles. The third-order valence-electron chi connectivity index (χ3n) is 5.54. The first kappa shape index (κ1) is 17.7. The molecular weight excluding hydrogens is 276 g/mol. The highest BCUT2D eigenvalue weighted by molar-refractivity contribution is 5.73. The molecule has 1 heterocycles. The van der Waals surface area contributed by atoms with Gasteiger partial charge in [-0.3, -0.25) is 4.79 Å². The maximum absolute atomic E-state index is 11.4. The van der Waals surface area contributed by atoms with Crippen molar-refractivity contribution in [2.24, 2.45) is 5.92 Å². The molecular formula is C18H34N2O2. The van der Waals surface area contributed by atoms with Gasteiger partial charge in [-0.05, 0) is 51.1 Å². The normalized spacial score (nSPS) is 29.4. The number of unbranched alkanes of at least 4 members (excludes halogenated alkanes) is 1.